The Hall–Kier alpha value is -1.71. The Morgan fingerprint density at radius 3 is 2.89 bits per heavy atom. The van der Waals surface area contributed by atoms with Gasteiger partial charge in [-0.25, -0.2) is 4.79 Å². The molecule has 104 valence electrons. The number of hydrogen-bond donors (Lipinski definition) is 2. The highest BCUT2D eigenvalue weighted by Gasteiger charge is 2.25. The summed E-state index contributed by atoms with van der Waals surface area (Å²) < 4.78 is 5.23. The SMILES string of the molecule is CC(C)(C)OC(=O)NCC1CCc2c(N)cccc21. The first-order chi connectivity index (χ1) is 8.87. The van der Waals surface area contributed by atoms with Gasteiger partial charge in [0.15, 0.2) is 0 Å². The Bertz CT molecular complexity index is 478. The van der Waals surface area contributed by atoms with Crippen LogP contribution in [0.3, 0.4) is 0 Å². The predicted octanol–water partition coefficient (Wildman–Crippen LogP) is 2.82. The molecule has 1 aliphatic carbocycles. The molecular weight excluding hydrogens is 240 g/mol. The van der Waals surface area contributed by atoms with E-state index in [0.717, 1.165) is 18.5 Å². The number of hydrogen-bond acceptors (Lipinski definition) is 3. The van der Waals surface area contributed by atoms with Gasteiger partial charge in [-0.15, -0.1) is 0 Å². The van der Waals surface area contributed by atoms with Crippen LogP contribution in [0.2, 0.25) is 0 Å². The van der Waals surface area contributed by atoms with Gasteiger partial charge in [0, 0.05) is 18.2 Å². The van der Waals surface area contributed by atoms with Gasteiger partial charge in [-0.05, 0) is 50.8 Å². The van der Waals surface area contributed by atoms with Crippen molar-refractivity contribution in [2.45, 2.75) is 45.1 Å². The van der Waals surface area contributed by atoms with Crippen LogP contribution in [0, 0.1) is 0 Å². The third kappa shape index (κ3) is 3.40. The first kappa shape index (κ1) is 13.7. The monoisotopic (exact) mass is 262 g/mol. The van der Waals surface area contributed by atoms with Crippen LogP contribution < -0.4 is 11.1 Å². The molecule has 0 saturated heterocycles. The third-order valence-electron chi connectivity index (χ3n) is 3.32. The van der Waals surface area contributed by atoms with Crippen molar-refractivity contribution in [3.8, 4) is 0 Å². The lowest BCUT2D eigenvalue weighted by Gasteiger charge is -2.21. The maximum Gasteiger partial charge on any atom is 0.407 e. The quantitative estimate of drug-likeness (QED) is 0.805. The van der Waals surface area contributed by atoms with Crippen molar-refractivity contribution in [2.75, 3.05) is 12.3 Å². The standard InChI is InChI=1S/C15H22N2O2/c1-15(2,3)19-14(18)17-9-10-7-8-12-11(10)5-4-6-13(12)16/h4-6,10H,7-9,16H2,1-3H3,(H,17,18). The molecule has 2 rings (SSSR count). The van der Waals surface area contributed by atoms with E-state index in [1.54, 1.807) is 0 Å². The molecule has 0 aliphatic heterocycles. The largest absolute Gasteiger partial charge is 0.444 e. The molecule has 0 spiro atoms. The Balaban J connectivity index is 1.93. The Morgan fingerprint density at radius 1 is 1.47 bits per heavy atom. The molecule has 0 aromatic heterocycles. The minimum atomic E-state index is -0.456. The summed E-state index contributed by atoms with van der Waals surface area (Å²) in [6.45, 7) is 6.18. The van der Waals surface area contributed by atoms with Gasteiger partial charge in [0.1, 0.15) is 5.60 Å². The Kier molecular flexibility index (Phi) is 3.69. The number of carbonyl (C=O) groups excluding carboxylic acids is 1. The van der Waals surface area contributed by atoms with Gasteiger partial charge < -0.3 is 15.8 Å². The Labute approximate surface area is 114 Å². The topological polar surface area (TPSA) is 64.3 Å². The van der Waals surface area contributed by atoms with Gasteiger partial charge in [-0.3, -0.25) is 0 Å². The number of rotatable bonds is 2. The highest BCUT2D eigenvalue weighted by atomic mass is 16.6. The average molecular weight is 262 g/mol. The number of nitrogen functional groups attached to an aromatic ring is 1. The van der Waals surface area contributed by atoms with Gasteiger partial charge in [-0.1, -0.05) is 12.1 Å². The fraction of sp³-hybridized carbons (Fsp3) is 0.533. The van der Waals surface area contributed by atoms with Crippen LogP contribution in [-0.4, -0.2) is 18.2 Å². The van der Waals surface area contributed by atoms with Gasteiger partial charge in [0.05, 0.1) is 0 Å². The maximum absolute atomic E-state index is 11.6. The fourth-order valence-corrected chi connectivity index (χ4v) is 2.50. The maximum atomic E-state index is 11.6. The van der Waals surface area contributed by atoms with E-state index in [1.807, 2.05) is 32.9 Å². The zero-order chi connectivity index (χ0) is 14.0. The summed E-state index contributed by atoms with van der Waals surface area (Å²) in [4.78, 5) is 11.6. The van der Waals surface area contributed by atoms with Crippen molar-refractivity contribution < 1.29 is 9.53 Å². The fourth-order valence-electron chi connectivity index (χ4n) is 2.50. The van der Waals surface area contributed by atoms with E-state index in [2.05, 4.69) is 11.4 Å². The average Bonchev–Trinajstić information content (AvgIpc) is 2.69. The molecule has 1 atom stereocenters. The molecule has 0 saturated carbocycles. The normalized spacial score (nSPS) is 17.9. The molecule has 1 unspecified atom stereocenters. The van der Waals surface area contributed by atoms with E-state index in [-0.39, 0.29) is 6.09 Å². The van der Waals surface area contributed by atoms with E-state index < -0.39 is 5.60 Å². The highest BCUT2D eigenvalue weighted by Crippen LogP contribution is 2.35. The molecule has 3 N–H and O–H groups in total. The molecule has 0 heterocycles. The number of nitrogens with one attached hydrogen (secondary N) is 1. The first-order valence-electron chi connectivity index (χ1n) is 6.71. The van der Waals surface area contributed by atoms with E-state index in [1.165, 1.54) is 11.1 Å². The lowest BCUT2D eigenvalue weighted by atomic mass is 10.0. The summed E-state index contributed by atoms with van der Waals surface area (Å²) >= 11 is 0. The van der Waals surface area contributed by atoms with Crippen molar-refractivity contribution in [1.82, 2.24) is 5.32 Å². The number of benzene rings is 1. The molecule has 0 fully saturated rings. The van der Waals surface area contributed by atoms with Crippen molar-refractivity contribution in [1.29, 1.82) is 0 Å². The van der Waals surface area contributed by atoms with Gasteiger partial charge in [0.2, 0.25) is 0 Å². The van der Waals surface area contributed by atoms with Gasteiger partial charge in [-0.2, -0.15) is 0 Å². The van der Waals surface area contributed by atoms with Crippen LogP contribution >= 0.6 is 0 Å². The van der Waals surface area contributed by atoms with Crippen LogP contribution in [-0.2, 0) is 11.2 Å². The Morgan fingerprint density at radius 2 is 2.21 bits per heavy atom. The first-order valence-corrected chi connectivity index (χ1v) is 6.71. The highest BCUT2D eigenvalue weighted by molar-refractivity contribution is 5.68. The zero-order valence-corrected chi connectivity index (χ0v) is 11.8. The minimum Gasteiger partial charge on any atom is -0.444 e. The molecule has 0 radical (unpaired) electrons. The minimum absolute atomic E-state index is 0.339. The van der Waals surface area contributed by atoms with Gasteiger partial charge >= 0.3 is 6.09 Å². The number of ether oxygens (including phenoxy) is 1. The van der Waals surface area contributed by atoms with Crippen molar-refractivity contribution >= 4 is 11.8 Å². The third-order valence-corrected chi connectivity index (χ3v) is 3.32. The van der Waals surface area contributed by atoms with E-state index in [4.69, 9.17) is 10.5 Å². The van der Waals surface area contributed by atoms with Crippen molar-refractivity contribution in [2.24, 2.45) is 0 Å². The van der Waals surface area contributed by atoms with Crippen LogP contribution in [0.5, 0.6) is 0 Å². The zero-order valence-electron chi connectivity index (χ0n) is 11.8. The summed E-state index contributed by atoms with van der Waals surface area (Å²) in [6.07, 6.45) is 1.66. The molecule has 4 nitrogen and oxygen atoms in total. The summed E-state index contributed by atoms with van der Waals surface area (Å²) in [5.41, 5.74) is 8.86. The molecule has 1 aliphatic rings. The van der Waals surface area contributed by atoms with Crippen molar-refractivity contribution in [3.63, 3.8) is 0 Å². The molecule has 1 amide bonds. The number of nitrogens with two attached hydrogens (primary N) is 1. The summed E-state index contributed by atoms with van der Waals surface area (Å²) in [5, 5.41) is 2.84. The molecule has 1 aromatic carbocycles. The number of amides is 1. The smallest absolute Gasteiger partial charge is 0.407 e. The van der Waals surface area contributed by atoms with Crippen LogP contribution in [0.1, 0.15) is 44.2 Å². The number of fused-ring (bicyclic) bond motifs is 1. The second kappa shape index (κ2) is 5.11. The molecule has 4 heteroatoms. The lowest BCUT2D eigenvalue weighted by Crippen LogP contribution is -2.34. The molecule has 1 aromatic rings. The van der Waals surface area contributed by atoms with Crippen molar-refractivity contribution in [3.05, 3.63) is 29.3 Å². The number of alkyl carbamates (subject to hydrolysis) is 1. The summed E-state index contributed by atoms with van der Waals surface area (Å²) in [6, 6.07) is 6.00. The van der Waals surface area contributed by atoms with Crippen LogP contribution in [0.15, 0.2) is 18.2 Å². The van der Waals surface area contributed by atoms with E-state index in [9.17, 15) is 4.79 Å². The second-order valence-corrected chi connectivity index (χ2v) is 6.03. The lowest BCUT2D eigenvalue weighted by molar-refractivity contribution is 0.0524. The molecular formula is C15H22N2O2. The number of carbonyl (C=O) groups is 1. The van der Waals surface area contributed by atoms with E-state index in [0.29, 0.717) is 12.5 Å². The summed E-state index contributed by atoms with van der Waals surface area (Å²) in [5.74, 6) is 0.339. The molecule has 0 bridgehead atoms. The van der Waals surface area contributed by atoms with Crippen LogP contribution in [0.25, 0.3) is 0 Å². The number of anilines is 1. The second-order valence-electron chi connectivity index (χ2n) is 6.03. The predicted molar refractivity (Wildman–Crippen MR) is 76.2 cm³/mol. The van der Waals surface area contributed by atoms with Gasteiger partial charge in [0.25, 0.3) is 0 Å². The van der Waals surface area contributed by atoms with E-state index >= 15 is 0 Å². The molecule has 19 heavy (non-hydrogen) atoms. The summed E-state index contributed by atoms with van der Waals surface area (Å²) in [7, 11) is 0. The van der Waals surface area contributed by atoms with Crippen LogP contribution in [0.4, 0.5) is 10.5 Å².